The number of unbranched alkanes of at least 4 members (excludes halogenated alkanes) is 1. The molecule has 0 bridgehead atoms. The van der Waals surface area contributed by atoms with Gasteiger partial charge in [0.05, 0.1) is 17.4 Å². The van der Waals surface area contributed by atoms with E-state index in [1.54, 1.807) is 0 Å². The minimum atomic E-state index is 0.224. The Morgan fingerprint density at radius 3 is 2.68 bits per heavy atom. The number of pyridine rings is 1. The van der Waals surface area contributed by atoms with Crippen LogP contribution in [0.3, 0.4) is 0 Å². The molecule has 1 fully saturated rings. The summed E-state index contributed by atoms with van der Waals surface area (Å²) in [5.74, 6) is 1.85. The molecule has 6 heteroatoms. The van der Waals surface area contributed by atoms with Crippen LogP contribution in [0.2, 0.25) is 0 Å². The highest BCUT2D eigenvalue weighted by Crippen LogP contribution is 2.28. The predicted octanol–water partition coefficient (Wildman–Crippen LogP) is 4.27. The van der Waals surface area contributed by atoms with Gasteiger partial charge in [0, 0.05) is 45.1 Å². The van der Waals surface area contributed by atoms with Crippen molar-refractivity contribution >= 4 is 11.9 Å². The number of aryl methyl sites for hydroxylation is 1. The lowest BCUT2D eigenvalue weighted by Crippen LogP contribution is -2.44. The minimum absolute atomic E-state index is 0.224. The highest BCUT2D eigenvalue weighted by atomic mass is 15.3. The van der Waals surface area contributed by atoms with Crippen LogP contribution in [0.1, 0.15) is 55.0 Å². The third-order valence-corrected chi connectivity index (χ3v) is 6.30. The summed E-state index contributed by atoms with van der Waals surface area (Å²) in [6.45, 7) is 17.7. The fourth-order valence-corrected chi connectivity index (χ4v) is 4.16. The van der Waals surface area contributed by atoms with E-state index < -0.39 is 0 Å². The van der Waals surface area contributed by atoms with Gasteiger partial charge in [0.15, 0.2) is 0 Å². The zero-order valence-corrected chi connectivity index (χ0v) is 19.7. The molecule has 2 aromatic rings. The Morgan fingerprint density at radius 2 is 2.03 bits per heavy atom. The van der Waals surface area contributed by atoms with E-state index in [0.29, 0.717) is 0 Å². The van der Waals surface area contributed by atoms with E-state index in [1.807, 2.05) is 18.3 Å². The smallest absolute Gasteiger partial charge is 0.138 e. The molecular formula is C25H38N6. The van der Waals surface area contributed by atoms with E-state index in [1.165, 1.54) is 5.56 Å². The maximum absolute atomic E-state index is 4.98. The quantitative estimate of drug-likeness (QED) is 0.572. The number of nitrogens with zero attached hydrogens (tertiary/aromatic N) is 6. The molecule has 0 aromatic carbocycles. The van der Waals surface area contributed by atoms with E-state index in [4.69, 9.17) is 4.98 Å². The summed E-state index contributed by atoms with van der Waals surface area (Å²) in [5, 5.41) is 0. The van der Waals surface area contributed by atoms with Gasteiger partial charge in [0.1, 0.15) is 11.6 Å². The van der Waals surface area contributed by atoms with E-state index in [9.17, 15) is 0 Å². The van der Waals surface area contributed by atoms with E-state index in [2.05, 4.69) is 77.6 Å². The number of likely N-dealkylation sites (N-methyl/N-ethyl adjacent to an activating group) is 1. The Morgan fingerprint density at radius 1 is 1.29 bits per heavy atom. The summed E-state index contributed by atoms with van der Waals surface area (Å²) in [7, 11) is 4.35. The summed E-state index contributed by atoms with van der Waals surface area (Å²) < 4.78 is 2.12. The normalized spacial score (nSPS) is 16.0. The monoisotopic (exact) mass is 422 g/mol. The third kappa shape index (κ3) is 5.63. The van der Waals surface area contributed by atoms with Crippen molar-refractivity contribution in [2.24, 2.45) is 0 Å². The van der Waals surface area contributed by atoms with Crippen LogP contribution in [0, 0.1) is 6.92 Å². The van der Waals surface area contributed by atoms with Crippen molar-refractivity contribution in [2.45, 2.75) is 45.7 Å². The first kappa shape index (κ1) is 23.2. The van der Waals surface area contributed by atoms with Crippen molar-refractivity contribution in [1.82, 2.24) is 29.2 Å². The molecule has 0 N–H and O–H groups in total. The lowest BCUT2D eigenvalue weighted by atomic mass is 10.1. The summed E-state index contributed by atoms with van der Waals surface area (Å²) >= 11 is 0. The second-order valence-corrected chi connectivity index (χ2v) is 8.64. The highest BCUT2D eigenvalue weighted by Gasteiger charge is 2.24. The molecule has 1 saturated heterocycles. The molecule has 3 rings (SSSR count). The predicted molar refractivity (Wildman–Crippen MR) is 129 cm³/mol. The Kier molecular flexibility index (Phi) is 8.04. The third-order valence-electron chi connectivity index (χ3n) is 6.30. The van der Waals surface area contributed by atoms with E-state index in [-0.39, 0.29) is 6.04 Å². The molecule has 0 aliphatic carbocycles. The zero-order chi connectivity index (χ0) is 22.4. The van der Waals surface area contributed by atoms with Crippen molar-refractivity contribution in [1.29, 1.82) is 0 Å². The molecule has 0 amide bonds. The molecule has 0 saturated carbocycles. The molecule has 1 atom stereocenters. The van der Waals surface area contributed by atoms with Crippen LogP contribution in [0.25, 0.3) is 11.9 Å². The van der Waals surface area contributed by atoms with Gasteiger partial charge in [0.25, 0.3) is 0 Å². The van der Waals surface area contributed by atoms with Crippen LogP contribution in [-0.2, 0) is 6.54 Å². The molecule has 1 unspecified atom stereocenters. The molecule has 168 valence electrons. The largest absolute Gasteiger partial charge is 0.356 e. The summed E-state index contributed by atoms with van der Waals surface area (Å²) in [5.41, 5.74) is 3.43. The van der Waals surface area contributed by atoms with Crippen molar-refractivity contribution in [3.63, 3.8) is 0 Å². The number of hydrogen-bond donors (Lipinski definition) is 0. The van der Waals surface area contributed by atoms with Crippen LogP contribution < -0.4 is 0 Å². The van der Waals surface area contributed by atoms with Crippen LogP contribution in [-0.4, -0.2) is 69.5 Å². The Balaban J connectivity index is 1.84. The van der Waals surface area contributed by atoms with Crippen LogP contribution in [0.5, 0.6) is 0 Å². The lowest BCUT2D eigenvalue weighted by molar-refractivity contribution is 0.202. The summed E-state index contributed by atoms with van der Waals surface area (Å²) in [4.78, 5) is 16.7. The SMILES string of the molecule is C=Cc1nc(C(CCCC)N(C)Cc2ncccc2C)cn1C(=C)N1CCN(C)CC1. The van der Waals surface area contributed by atoms with Crippen molar-refractivity contribution in [3.05, 3.63) is 60.5 Å². The molecule has 6 nitrogen and oxygen atoms in total. The Bertz CT molecular complexity index is 878. The van der Waals surface area contributed by atoms with Gasteiger partial charge in [-0.1, -0.05) is 39.0 Å². The maximum atomic E-state index is 4.98. The number of hydrogen-bond acceptors (Lipinski definition) is 5. The molecule has 1 aliphatic rings. The van der Waals surface area contributed by atoms with Crippen LogP contribution in [0.4, 0.5) is 0 Å². The zero-order valence-electron chi connectivity index (χ0n) is 19.7. The van der Waals surface area contributed by atoms with Gasteiger partial charge in [-0.15, -0.1) is 0 Å². The van der Waals surface area contributed by atoms with Gasteiger partial charge in [0.2, 0.25) is 0 Å². The minimum Gasteiger partial charge on any atom is -0.356 e. The van der Waals surface area contributed by atoms with Gasteiger partial charge < -0.3 is 9.80 Å². The standard InChI is InChI=1S/C25H38N6/c1-7-9-12-24(29(6)18-22-20(3)11-10-13-26-22)23-19-31(25(8-2)27-23)21(4)30-16-14-28(5)15-17-30/h8,10-11,13,19,24H,2,4,7,9,12,14-18H2,1,3,5-6H3. The fourth-order valence-electron chi connectivity index (χ4n) is 4.16. The second-order valence-electron chi connectivity index (χ2n) is 8.64. The Labute approximate surface area is 187 Å². The first-order valence-electron chi connectivity index (χ1n) is 11.4. The van der Waals surface area contributed by atoms with Gasteiger partial charge in [-0.05, 0) is 45.1 Å². The van der Waals surface area contributed by atoms with Crippen molar-refractivity contribution in [3.8, 4) is 0 Å². The lowest BCUT2D eigenvalue weighted by Gasteiger charge is -2.35. The van der Waals surface area contributed by atoms with Gasteiger partial charge in [-0.25, -0.2) is 4.98 Å². The first-order valence-corrected chi connectivity index (χ1v) is 11.4. The van der Waals surface area contributed by atoms with Crippen molar-refractivity contribution in [2.75, 3.05) is 40.3 Å². The topological polar surface area (TPSA) is 40.4 Å². The number of aromatic nitrogens is 3. The first-order chi connectivity index (χ1) is 14.9. The van der Waals surface area contributed by atoms with E-state index >= 15 is 0 Å². The summed E-state index contributed by atoms with van der Waals surface area (Å²) in [6.07, 6.45) is 9.27. The average Bonchev–Trinajstić information content (AvgIpc) is 3.20. The number of piperazine rings is 1. The van der Waals surface area contributed by atoms with Crippen LogP contribution in [0.15, 0.2) is 37.7 Å². The molecule has 3 heterocycles. The van der Waals surface area contributed by atoms with Crippen molar-refractivity contribution < 1.29 is 0 Å². The maximum Gasteiger partial charge on any atom is 0.138 e. The van der Waals surface area contributed by atoms with E-state index in [0.717, 1.165) is 75.0 Å². The fraction of sp³-hybridized carbons (Fsp3) is 0.520. The molecular weight excluding hydrogens is 384 g/mol. The van der Waals surface area contributed by atoms with Gasteiger partial charge in [-0.2, -0.15) is 0 Å². The Hall–Kier alpha value is -2.44. The summed E-state index contributed by atoms with van der Waals surface area (Å²) in [6, 6.07) is 4.35. The highest BCUT2D eigenvalue weighted by molar-refractivity contribution is 5.50. The molecule has 0 spiro atoms. The van der Waals surface area contributed by atoms with Gasteiger partial charge in [-0.3, -0.25) is 14.5 Å². The molecule has 0 radical (unpaired) electrons. The average molecular weight is 423 g/mol. The molecule has 31 heavy (non-hydrogen) atoms. The van der Waals surface area contributed by atoms with Gasteiger partial charge >= 0.3 is 0 Å². The molecule has 2 aromatic heterocycles. The second kappa shape index (κ2) is 10.7. The number of imidazole rings is 1. The number of rotatable bonds is 10. The van der Waals surface area contributed by atoms with Crippen LogP contribution >= 0.6 is 0 Å². The molecule has 1 aliphatic heterocycles.